The Balaban J connectivity index is 1.96. The minimum atomic E-state index is -0.480. The van der Waals surface area contributed by atoms with Gasteiger partial charge in [-0.2, -0.15) is 0 Å². The number of nitrogens with one attached hydrogen (secondary N) is 1. The summed E-state index contributed by atoms with van der Waals surface area (Å²) >= 11 is 1.47. The highest BCUT2D eigenvalue weighted by molar-refractivity contribution is 7.17. The Morgan fingerprint density at radius 3 is 2.60 bits per heavy atom. The molecule has 0 saturated heterocycles. The van der Waals surface area contributed by atoms with Gasteiger partial charge in [-0.25, -0.2) is 0 Å². The van der Waals surface area contributed by atoms with Crippen molar-refractivity contribution in [2.75, 3.05) is 5.32 Å². The minimum Gasteiger partial charge on any atom is -0.365 e. The number of fused-ring (bicyclic) bond motifs is 1. The van der Waals surface area contributed by atoms with E-state index in [-0.39, 0.29) is 5.91 Å². The summed E-state index contributed by atoms with van der Waals surface area (Å²) in [5.41, 5.74) is 8.19. The fourth-order valence-electron chi connectivity index (χ4n) is 3.38. The largest absolute Gasteiger partial charge is 0.365 e. The molecule has 7 heteroatoms. The van der Waals surface area contributed by atoms with Crippen molar-refractivity contribution in [3.05, 3.63) is 33.0 Å². The summed E-state index contributed by atoms with van der Waals surface area (Å²) in [7, 11) is 0. The molecule has 3 N–H and O–H groups in total. The Hall–Kier alpha value is -2.15. The van der Waals surface area contributed by atoms with E-state index in [1.165, 1.54) is 22.6 Å². The van der Waals surface area contributed by atoms with Crippen molar-refractivity contribution in [1.29, 1.82) is 0 Å². The van der Waals surface area contributed by atoms with Crippen molar-refractivity contribution in [3.8, 4) is 0 Å². The van der Waals surface area contributed by atoms with Crippen molar-refractivity contribution >= 4 is 28.2 Å². The second-order valence-electron chi connectivity index (χ2n) is 6.35. The van der Waals surface area contributed by atoms with Crippen molar-refractivity contribution in [3.63, 3.8) is 0 Å². The fourth-order valence-corrected chi connectivity index (χ4v) is 4.67. The Labute approximate surface area is 150 Å². The molecule has 0 bridgehead atoms. The summed E-state index contributed by atoms with van der Waals surface area (Å²) in [6.07, 6.45) is 6.88. The highest BCUT2D eigenvalue weighted by atomic mass is 32.1. The van der Waals surface area contributed by atoms with E-state index < -0.39 is 5.91 Å². The van der Waals surface area contributed by atoms with E-state index in [0.717, 1.165) is 37.7 Å². The minimum absolute atomic E-state index is 0.299. The third-order valence-corrected chi connectivity index (χ3v) is 5.85. The van der Waals surface area contributed by atoms with Crippen molar-refractivity contribution in [2.45, 2.75) is 58.8 Å². The summed E-state index contributed by atoms with van der Waals surface area (Å²) in [6.45, 7) is 3.63. The lowest BCUT2D eigenvalue weighted by Gasteiger charge is -2.10. The number of hydrogen-bond acceptors (Lipinski definition) is 5. The number of aryl methyl sites for hydroxylation is 3. The molecular formula is C18H23N3O3S. The van der Waals surface area contributed by atoms with E-state index in [0.29, 0.717) is 34.0 Å². The normalized spacial score (nSPS) is 14.5. The number of hydrogen-bond donors (Lipinski definition) is 2. The number of nitrogens with two attached hydrogens (primary N) is 1. The second-order valence-corrected chi connectivity index (χ2v) is 7.46. The van der Waals surface area contributed by atoms with Crippen LogP contribution in [0.1, 0.15) is 75.2 Å². The Kier molecular flexibility index (Phi) is 5.22. The van der Waals surface area contributed by atoms with Gasteiger partial charge in [-0.15, -0.1) is 11.3 Å². The number of amides is 2. The Morgan fingerprint density at radius 1 is 1.20 bits per heavy atom. The highest BCUT2D eigenvalue weighted by Gasteiger charge is 2.26. The number of primary amides is 1. The molecule has 0 spiro atoms. The molecule has 2 aromatic rings. The first kappa shape index (κ1) is 17.7. The summed E-state index contributed by atoms with van der Waals surface area (Å²) < 4.78 is 5.14. The van der Waals surface area contributed by atoms with Crippen LogP contribution in [0.2, 0.25) is 0 Å². The molecule has 0 aromatic carbocycles. The average molecular weight is 361 g/mol. The zero-order chi connectivity index (χ0) is 18.0. The lowest BCUT2D eigenvalue weighted by Crippen LogP contribution is -2.19. The number of rotatable bonds is 4. The third-order valence-electron chi connectivity index (χ3n) is 4.64. The van der Waals surface area contributed by atoms with Gasteiger partial charge in [-0.05, 0) is 44.6 Å². The van der Waals surface area contributed by atoms with Crippen molar-refractivity contribution in [1.82, 2.24) is 5.16 Å². The van der Waals surface area contributed by atoms with Crippen LogP contribution in [-0.2, 0) is 19.3 Å². The first-order valence-corrected chi connectivity index (χ1v) is 9.55. The van der Waals surface area contributed by atoms with Gasteiger partial charge < -0.3 is 15.6 Å². The molecule has 0 unspecified atom stereocenters. The van der Waals surface area contributed by atoms with Crippen molar-refractivity contribution < 1.29 is 14.1 Å². The number of aromatic nitrogens is 1. The third kappa shape index (κ3) is 3.46. The zero-order valence-corrected chi connectivity index (χ0v) is 15.4. The maximum atomic E-state index is 12.7. The quantitative estimate of drug-likeness (QED) is 0.869. The molecule has 0 radical (unpaired) electrons. The maximum absolute atomic E-state index is 12.7. The molecule has 2 aromatic heterocycles. The van der Waals surface area contributed by atoms with Crippen LogP contribution in [0.4, 0.5) is 5.00 Å². The second kappa shape index (κ2) is 7.39. The molecule has 0 fully saturated rings. The predicted octanol–water partition coefficient (Wildman–Crippen LogP) is 3.62. The van der Waals surface area contributed by atoms with Gasteiger partial charge in [-0.3, -0.25) is 9.59 Å². The summed E-state index contributed by atoms with van der Waals surface area (Å²) in [4.78, 5) is 26.0. The summed E-state index contributed by atoms with van der Waals surface area (Å²) in [6, 6.07) is 0. The molecule has 6 nitrogen and oxygen atoms in total. The molecule has 2 amide bonds. The van der Waals surface area contributed by atoms with Crippen LogP contribution in [-0.4, -0.2) is 17.0 Å². The lowest BCUT2D eigenvalue weighted by molar-refractivity contribution is 0.100. The molecule has 0 aliphatic heterocycles. The Morgan fingerprint density at radius 2 is 1.92 bits per heavy atom. The van der Waals surface area contributed by atoms with Crippen LogP contribution < -0.4 is 11.1 Å². The van der Waals surface area contributed by atoms with Gasteiger partial charge in [0.25, 0.3) is 11.8 Å². The van der Waals surface area contributed by atoms with Crippen LogP contribution in [0.5, 0.6) is 0 Å². The van der Waals surface area contributed by atoms with E-state index in [1.54, 1.807) is 6.92 Å². The molecule has 2 heterocycles. The van der Waals surface area contributed by atoms with E-state index >= 15 is 0 Å². The number of anilines is 1. The van der Waals surface area contributed by atoms with Gasteiger partial charge in [-0.1, -0.05) is 24.9 Å². The zero-order valence-electron chi connectivity index (χ0n) is 14.6. The lowest BCUT2D eigenvalue weighted by atomic mass is 9.96. The van der Waals surface area contributed by atoms with E-state index in [2.05, 4.69) is 10.5 Å². The molecule has 3 rings (SSSR count). The SMILES string of the molecule is CCc1noc(C)c1C(=O)Nc1sc2c(c1C(N)=O)CCCCCC2. The fraction of sp³-hybridized carbons (Fsp3) is 0.500. The number of carbonyl (C=O) groups excluding carboxylic acids is 2. The monoisotopic (exact) mass is 361 g/mol. The smallest absolute Gasteiger partial charge is 0.261 e. The number of carbonyl (C=O) groups is 2. The molecule has 1 aliphatic rings. The van der Waals surface area contributed by atoms with Gasteiger partial charge in [0.15, 0.2) is 0 Å². The average Bonchev–Trinajstić information content (AvgIpc) is 3.07. The summed E-state index contributed by atoms with van der Waals surface area (Å²) in [5, 5.41) is 7.36. The van der Waals surface area contributed by atoms with E-state index in [4.69, 9.17) is 10.3 Å². The topological polar surface area (TPSA) is 98.2 Å². The standard InChI is InChI=1S/C18H23N3O3S/c1-3-12-14(10(2)24-21-12)17(23)20-18-15(16(19)22)11-8-6-4-5-7-9-13(11)25-18/h3-9H2,1-2H3,(H2,19,22)(H,20,23). The molecule has 134 valence electrons. The van der Waals surface area contributed by atoms with Gasteiger partial charge >= 0.3 is 0 Å². The molecule has 25 heavy (non-hydrogen) atoms. The van der Waals surface area contributed by atoms with Gasteiger partial charge in [0.05, 0.1) is 11.3 Å². The van der Waals surface area contributed by atoms with Gasteiger partial charge in [0.1, 0.15) is 16.3 Å². The number of nitrogens with zero attached hydrogens (tertiary/aromatic N) is 1. The van der Waals surface area contributed by atoms with Crippen LogP contribution in [0, 0.1) is 6.92 Å². The summed E-state index contributed by atoms with van der Waals surface area (Å²) in [5.74, 6) is -0.302. The molecule has 1 aliphatic carbocycles. The maximum Gasteiger partial charge on any atom is 0.261 e. The highest BCUT2D eigenvalue weighted by Crippen LogP contribution is 2.37. The first-order chi connectivity index (χ1) is 12.0. The molecular weight excluding hydrogens is 338 g/mol. The van der Waals surface area contributed by atoms with E-state index in [1.807, 2.05) is 6.92 Å². The first-order valence-electron chi connectivity index (χ1n) is 8.73. The van der Waals surface area contributed by atoms with Crippen molar-refractivity contribution in [2.24, 2.45) is 5.73 Å². The number of thiophene rings is 1. The van der Waals surface area contributed by atoms with Crippen LogP contribution >= 0.6 is 11.3 Å². The van der Waals surface area contributed by atoms with Gasteiger partial charge in [0.2, 0.25) is 0 Å². The van der Waals surface area contributed by atoms with E-state index in [9.17, 15) is 9.59 Å². The molecule has 0 saturated carbocycles. The molecule has 0 atom stereocenters. The predicted molar refractivity (Wildman–Crippen MR) is 97.3 cm³/mol. The van der Waals surface area contributed by atoms with Crippen LogP contribution in [0.15, 0.2) is 4.52 Å². The van der Waals surface area contributed by atoms with Crippen LogP contribution in [0.25, 0.3) is 0 Å². The van der Waals surface area contributed by atoms with Gasteiger partial charge in [0, 0.05) is 4.88 Å². The van der Waals surface area contributed by atoms with Crippen LogP contribution in [0.3, 0.4) is 0 Å². The Bertz CT molecular complexity index is 807.